The average molecular weight is 282 g/mol. The van der Waals surface area contributed by atoms with Gasteiger partial charge in [0.15, 0.2) is 0 Å². The van der Waals surface area contributed by atoms with E-state index >= 15 is 0 Å². The Bertz CT molecular complexity index is 700. The molecule has 0 spiro atoms. The van der Waals surface area contributed by atoms with E-state index in [1.807, 2.05) is 0 Å². The lowest BCUT2D eigenvalue weighted by Crippen LogP contribution is -2.23. The van der Waals surface area contributed by atoms with E-state index in [4.69, 9.17) is 11.6 Å². The molecule has 0 atom stereocenters. The van der Waals surface area contributed by atoms with Gasteiger partial charge in [0.2, 0.25) is 0 Å². The Labute approximate surface area is 112 Å². The topological polar surface area (TPSA) is 64.0 Å². The van der Waals surface area contributed by atoms with Crippen molar-refractivity contribution in [2.24, 2.45) is 7.05 Å². The smallest absolute Gasteiger partial charge is 0.276 e. The number of hydrogen-bond acceptors (Lipinski definition) is 3. The maximum atomic E-state index is 13.0. The molecule has 19 heavy (non-hydrogen) atoms. The Morgan fingerprint density at radius 1 is 1.37 bits per heavy atom. The Morgan fingerprint density at radius 2 is 2.11 bits per heavy atom. The second-order valence-corrected chi connectivity index (χ2v) is 4.17. The largest absolute Gasteiger partial charge is 0.321 e. The van der Waals surface area contributed by atoms with Gasteiger partial charge in [0.05, 0.1) is 5.02 Å². The SMILES string of the molecule is Cn1nc(C(=O)Nc2ccc(F)c(Cl)c2)ccc1=O. The number of aromatic nitrogens is 2. The van der Waals surface area contributed by atoms with Crippen LogP contribution in [0, 0.1) is 5.82 Å². The highest BCUT2D eigenvalue weighted by molar-refractivity contribution is 6.31. The zero-order chi connectivity index (χ0) is 14.0. The zero-order valence-electron chi connectivity index (χ0n) is 9.85. The van der Waals surface area contributed by atoms with Crippen molar-refractivity contribution >= 4 is 23.2 Å². The number of benzene rings is 1. The summed E-state index contributed by atoms with van der Waals surface area (Å²) in [6, 6.07) is 6.35. The summed E-state index contributed by atoms with van der Waals surface area (Å²) in [5.41, 5.74) is 0.0935. The van der Waals surface area contributed by atoms with Crippen LogP contribution >= 0.6 is 11.6 Å². The van der Waals surface area contributed by atoms with Gasteiger partial charge < -0.3 is 5.32 Å². The Balaban J connectivity index is 2.22. The van der Waals surface area contributed by atoms with Crippen LogP contribution in [0.3, 0.4) is 0 Å². The van der Waals surface area contributed by atoms with E-state index in [9.17, 15) is 14.0 Å². The van der Waals surface area contributed by atoms with Crippen LogP contribution in [-0.2, 0) is 7.05 Å². The highest BCUT2D eigenvalue weighted by Crippen LogP contribution is 2.19. The first-order chi connectivity index (χ1) is 8.97. The first-order valence-corrected chi connectivity index (χ1v) is 5.66. The third kappa shape index (κ3) is 2.97. The molecule has 0 unspecified atom stereocenters. The lowest BCUT2D eigenvalue weighted by molar-refractivity contribution is 0.102. The quantitative estimate of drug-likeness (QED) is 0.913. The lowest BCUT2D eigenvalue weighted by Gasteiger charge is -2.06. The Hall–Kier alpha value is -2.21. The van der Waals surface area contributed by atoms with Crippen molar-refractivity contribution in [2.45, 2.75) is 0 Å². The number of rotatable bonds is 2. The fourth-order valence-corrected chi connectivity index (χ4v) is 1.57. The van der Waals surface area contributed by atoms with E-state index in [2.05, 4.69) is 10.4 Å². The number of halogens is 2. The standard InChI is InChI=1S/C12H9ClFN3O2/c1-17-11(18)5-4-10(16-17)12(19)15-7-2-3-9(14)8(13)6-7/h2-6H,1H3,(H,15,19). The number of aryl methyl sites for hydroxylation is 1. The van der Waals surface area contributed by atoms with E-state index in [0.717, 1.165) is 10.7 Å². The summed E-state index contributed by atoms with van der Waals surface area (Å²) < 4.78 is 14.0. The van der Waals surface area contributed by atoms with Crippen LogP contribution in [0.2, 0.25) is 5.02 Å². The minimum absolute atomic E-state index is 0.0718. The molecule has 1 N–H and O–H groups in total. The van der Waals surface area contributed by atoms with Crippen molar-refractivity contribution < 1.29 is 9.18 Å². The molecule has 1 heterocycles. The number of nitrogens with zero attached hydrogens (tertiary/aromatic N) is 2. The van der Waals surface area contributed by atoms with Gasteiger partial charge in [0, 0.05) is 18.8 Å². The number of carbonyl (C=O) groups is 1. The van der Waals surface area contributed by atoms with E-state index in [1.54, 1.807) is 0 Å². The van der Waals surface area contributed by atoms with Crippen molar-refractivity contribution in [3.05, 3.63) is 57.2 Å². The van der Waals surface area contributed by atoms with Crippen LogP contribution in [0.5, 0.6) is 0 Å². The highest BCUT2D eigenvalue weighted by Gasteiger charge is 2.10. The van der Waals surface area contributed by atoms with Crippen LogP contribution < -0.4 is 10.9 Å². The Kier molecular flexibility index (Phi) is 3.62. The monoisotopic (exact) mass is 281 g/mol. The molecule has 98 valence electrons. The van der Waals surface area contributed by atoms with E-state index in [1.165, 1.54) is 31.3 Å². The second-order valence-electron chi connectivity index (χ2n) is 3.76. The summed E-state index contributed by atoms with van der Waals surface area (Å²) in [6.45, 7) is 0. The van der Waals surface area contributed by atoms with Crippen molar-refractivity contribution in [2.75, 3.05) is 5.32 Å². The maximum absolute atomic E-state index is 13.0. The third-order valence-corrected chi connectivity index (χ3v) is 2.66. The molecular formula is C12H9ClFN3O2. The van der Waals surface area contributed by atoms with E-state index in [0.29, 0.717) is 5.69 Å². The van der Waals surface area contributed by atoms with Gasteiger partial charge in [-0.1, -0.05) is 11.6 Å². The molecular weight excluding hydrogens is 273 g/mol. The van der Waals surface area contributed by atoms with Crippen LogP contribution in [0.15, 0.2) is 35.1 Å². The number of carbonyl (C=O) groups excluding carboxylic acids is 1. The summed E-state index contributed by atoms with van der Waals surface area (Å²) in [6.07, 6.45) is 0. The van der Waals surface area contributed by atoms with Crippen LogP contribution in [0.1, 0.15) is 10.5 Å². The summed E-state index contributed by atoms with van der Waals surface area (Å²) in [5.74, 6) is -1.09. The van der Waals surface area contributed by atoms with E-state index < -0.39 is 11.7 Å². The fraction of sp³-hybridized carbons (Fsp3) is 0.0833. The van der Waals surface area contributed by atoms with Gasteiger partial charge in [-0.15, -0.1) is 0 Å². The second kappa shape index (κ2) is 5.19. The molecule has 0 radical (unpaired) electrons. The van der Waals surface area contributed by atoms with Crippen LogP contribution in [0.25, 0.3) is 0 Å². The molecule has 0 aliphatic carbocycles. The van der Waals surface area contributed by atoms with Gasteiger partial charge in [-0.3, -0.25) is 9.59 Å². The maximum Gasteiger partial charge on any atom is 0.276 e. The fourth-order valence-electron chi connectivity index (χ4n) is 1.39. The van der Waals surface area contributed by atoms with Gasteiger partial charge in [-0.2, -0.15) is 5.10 Å². The minimum Gasteiger partial charge on any atom is -0.321 e. The number of nitrogens with one attached hydrogen (secondary N) is 1. The van der Waals surface area contributed by atoms with Crippen molar-refractivity contribution in [1.29, 1.82) is 0 Å². The summed E-state index contributed by atoms with van der Waals surface area (Å²) in [5, 5.41) is 6.21. The molecule has 0 saturated carbocycles. The minimum atomic E-state index is -0.570. The van der Waals surface area contributed by atoms with Crippen molar-refractivity contribution in [1.82, 2.24) is 9.78 Å². The molecule has 7 heteroatoms. The summed E-state index contributed by atoms with van der Waals surface area (Å²) in [4.78, 5) is 23.0. The van der Waals surface area contributed by atoms with Crippen molar-refractivity contribution in [3.8, 4) is 0 Å². The predicted molar refractivity (Wildman–Crippen MR) is 68.8 cm³/mol. The van der Waals surface area contributed by atoms with Gasteiger partial charge in [-0.05, 0) is 24.3 Å². The highest BCUT2D eigenvalue weighted by atomic mass is 35.5. The molecule has 0 saturated heterocycles. The number of amides is 1. The van der Waals surface area contributed by atoms with E-state index in [-0.39, 0.29) is 16.3 Å². The van der Waals surface area contributed by atoms with Crippen LogP contribution in [-0.4, -0.2) is 15.7 Å². The zero-order valence-corrected chi connectivity index (χ0v) is 10.6. The Morgan fingerprint density at radius 3 is 2.74 bits per heavy atom. The molecule has 5 nitrogen and oxygen atoms in total. The van der Waals surface area contributed by atoms with Crippen molar-refractivity contribution in [3.63, 3.8) is 0 Å². The first-order valence-electron chi connectivity index (χ1n) is 5.28. The van der Waals surface area contributed by atoms with Gasteiger partial charge in [0.1, 0.15) is 11.5 Å². The van der Waals surface area contributed by atoms with Crippen LogP contribution in [0.4, 0.5) is 10.1 Å². The normalized spacial score (nSPS) is 10.3. The third-order valence-electron chi connectivity index (χ3n) is 2.37. The predicted octanol–water partition coefficient (Wildman–Crippen LogP) is 1.83. The summed E-state index contributed by atoms with van der Waals surface area (Å²) in [7, 11) is 1.44. The number of hydrogen-bond donors (Lipinski definition) is 1. The molecule has 0 aliphatic heterocycles. The number of anilines is 1. The summed E-state index contributed by atoms with van der Waals surface area (Å²) >= 11 is 5.60. The average Bonchev–Trinajstić information content (AvgIpc) is 2.37. The molecule has 0 bridgehead atoms. The molecule has 1 amide bonds. The molecule has 0 fully saturated rings. The molecule has 2 aromatic rings. The molecule has 1 aromatic carbocycles. The lowest BCUT2D eigenvalue weighted by atomic mass is 10.3. The molecule has 1 aromatic heterocycles. The van der Waals surface area contributed by atoms with Gasteiger partial charge in [-0.25, -0.2) is 9.07 Å². The molecule has 0 aliphatic rings. The molecule has 2 rings (SSSR count). The first kappa shape index (κ1) is 13.2. The van der Waals surface area contributed by atoms with Gasteiger partial charge in [0.25, 0.3) is 11.5 Å². The van der Waals surface area contributed by atoms with Gasteiger partial charge >= 0.3 is 0 Å².